The second-order valence-electron chi connectivity index (χ2n) is 7.46. The SMILES string of the molecule is O=C(/C=C/c1ccc(O)c(O)c1)OC[C@H]1O[C@@H](Oc2ccc(CCO)cc2)[C@H](O)[C@@H](O)[C@@H]1O. The van der Waals surface area contributed by atoms with Crippen molar-refractivity contribution in [3.05, 3.63) is 59.7 Å². The standard InChI is InChI=1S/C23H26O10/c24-10-9-13-1-5-15(6-2-13)32-23-22(30)21(29)20(28)18(33-23)12-31-19(27)8-4-14-3-7-16(25)17(26)11-14/h1-8,11,18,20-26,28-30H,9-10,12H2/b8-4+/t18-,20-,21+,22-,23-/m1/s1. The topological polar surface area (TPSA) is 166 Å². The van der Waals surface area contributed by atoms with Crippen molar-refractivity contribution in [3.63, 3.8) is 0 Å². The van der Waals surface area contributed by atoms with Crippen LogP contribution in [-0.4, -0.2) is 80.5 Å². The summed E-state index contributed by atoms with van der Waals surface area (Å²) in [6.45, 7) is -0.425. The Balaban J connectivity index is 1.58. The van der Waals surface area contributed by atoms with Crippen LogP contribution >= 0.6 is 0 Å². The highest BCUT2D eigenvalue weighted by Crippen LogP contribution is 2.26. The fourth-order valence-corrected chi connectivity index (χ4v) is 3.17. The van der Waals surface area contributed by atoms with Crippen LogP contribution < -0.4 is 4.74 Å². The molecule has 3 rings (SSSR count). The summed E-state index contributed by atoms with van der Waals surface area (Å²) in [6, 6.07) is 10.7. The largest absolute Gasteiger partial charge is 0.504 e. The summed E-state index contributed by atoms with van der Waals surface area (Å²) in [5, 5.41) is 58.3. The van der Waals surface area contributed by atoms with Gasteiger partial charge in [-0.1, -0.05) is 18.2 Å². The molecule has 0 aromatic heterocycles. The minimum atomic E-state index is -1.60. The lowest BCUT2D eigenvalue weighted by Crippen LogP contribution is -2.60. The third kappa shape index (κ3) is 6.44. The Labute approximate surface area is 189 Å². The summed E-state index contributed by atoms with van der Waals surface area (Å²) in [6.07, 6.45) is -4.27. The van der Waals surface area contributed by atoms with Gasteiger partial charge in [-0.3, -0.25) is 0 Å². The molecule has 6 N–H and O–H groups in total. The number of esters is 1. The first-order valence-electron chi connectivity index (χ1n) is 10.2. The molecule has 0 unspecified atom stereocenters. The molecule has 0 amide bonds. The number of aliphatic hydroxyl groups excluding tert-OH is 4. The molecule has 0 saturated carbocycles. The number of rotatable bonds is 8. The number of aromatic hydroxyl groups is 2. The van der Waals surface area contributed by atoms with Crippen LogP contribution in [0.5, 0.6) is 17.2 Å². The van der Waals surface area contributed by atoms with Crippen molar-refractivity contribution >= 4 is 12.0 Å². The maximum absolute atomic E-state index is 12.0. The average molecular weight is 462 g/mol. The van der Waals surface area contributed by atoms with E-state index in [0.29, 0.717) is 17.7 Å². The zero-order valence-corrected chi connectivity index (χ0v) is 17.5. The second kappa shape index (κ2) is 11.1. The first kappa shape index (κ1) is 24.5. The summed E-state index contributed by atoms with van der Waals surface area (Å²) in [4.78, 5) is 12.0. The third-order valence-electron chi connectivity index (χ3n) is 5.05. The number of carbonyl (C=O) groups excluding carboxylic acids is 1. The normalized spacial score (nSPS) is 25.2. The maximum atomic E-state index is 12.0. The Morgan fingerprint density at radius 2 is 1.70 bits per heavy atom. The van der Waals surface area contributed by atoms with Gasteiger partial charge in [0.1, 0.15) is 36.8 Å². The average Bonchev–Trinajstić information content (AvgIpc) is 2.80. The van der Waals surface area contributed by atoms with Crippen LogP contribution in [0.4, 0.5) is 0 Å². The Morgan fingerprint density at radius 3 is 2.36 bits per heavy atom. The Hall–Kier alpha value is -3.15. The molecule has 2 aromatic rings. The van der Waals surface area contributed by atoms with Gasteiger partial charge in [0, 0.05) is 12.7 Å². The van der Waals surface area contributed by atoms with E-state index in [-0.39, 0.29) is 18.1 Å². The van der Waals surface area contributed by atoms with Gasteiger partial charge in [-0.15, -0.1) is 0 Å². The summed E-state index contributed by atoms with van der Waals surface area (Å²) in [5.74, 6) is -1.08. The molecule has 0 spiro atoms. The van der Waals surface area contributed by atoms with E-state index in [1.165, 1.54) is 24.3 Å². The Morgan fingerprint density at radius 1 is 0.970 bits per heavy atom. The Bertz CT molecular complexity index is 958. The van der Waals surface area contributed by atoms with E-state index in [1.807, 2.05) is 0 Å². The van der Waals surface area contributed by atoms with E-state index in [1.54, 1.807) is 24.3 Å². The molecule has 5 atom stereocenters. The first-order chi connectivity index (χ1) is 15.8. The zero-order valence-electron chi connectivity index (χ0n) is 17.5. The summed E-state index contributed by atoms with van der Waals surface area (Å²) < 4.78 is 16.2. The molecule has 2 aromatic carbocycles. The van der Waals surface area contributed by atoms with Crippen molar-refractivity contribution < 1.29 is 49.6 Å². The molecule has 0 bridgehead atoms. The number of phenols is 2. The highest BCUT2D eigenvalue weighted by atomic mass is 16.7. The van der Waals surface area contributed by atoms with Crippen molar-refractivity contribution in [2.24, 2.45) is 0 Å². The van der Waals surface area contributed by atoms with Crippen LogP contribution in [0.3, 0.4) is 0 Å². The molecule has 10 nitrogen and oxygen atoms in total. The van der Waals surface area contributed by atoms with E-state index in [2.05, 4.69) is 0 Å². The van der Waals surface area contributed by atoms with E-state index >= 15 is 0 Å². The monoisotopic (exact) mass is 462 g/mol. The predicted molar refractivity (Wildman–Crippen MR) is 114 cm³/mol. The minimum Gasteiger partial charge on any atom is -0.504 e. The lowest BCUT2D eigenvalue weighted by molar-refractivity contribution is -0.278. The van der Waals surface area contributed by atoms with Crippen LogP contribution in [0.15, 0.2) is 48.5 Å². The van der Waals surface area contributed by atoms with Crippen molar-refractivity contribution in [1.29, 1.82) is 0 Å². The molecular weight excluding hydrogens is 436 g/mol. The molecule has 1 heterocycles. The number of benzene rings is 2. The van der Waals surface area contributed by atoms with Gasteiger partial charge in [-0.2, -0.15) is 0 Å². The fraction of sp³-hybridized carbons (Fsp3) is 0.348. The lowest BCUT2D eigenvalue weighted by atomic mass is 9.99. The molecule has 1 aliphatic heterocycles. The van der Waals surface area contributed by atoms with Crippen molar-refractivity contribution in [2.75, 3.05) is 13.2 Å². The number of ether oxygens (including phenoxy) is 3. The van der Waals surface area contributed by atoms with Crippen LogP contribution in [0.1, 0.15) is 11.1 Å². The molecule has 10 heteroatoms. The molecule has 0 aliphatic carbocycles. The molecule has 1 aliphatic rings. The molecule has 1 fully saturated rings. The van der Waals surface area contributed by atoms with Gasteiger partial charge in [0.15, 0.2) is 11.5 Å². The number of aliphatic hydroxyl groups is 4. The van der Waals surface area contributed by atoms with Gasteiger partial charge in [-0.25, -0.2) is 4.79 Å². The Kier molecular flexibility index (Phi) is 8.26. The summed E-state index contributed by atoms with van der Waals surface area (Å²) >= 11 is 0. The van der Waals surface area contributed by atoms with Crippen molar-refractivity contribution in [3.8, 4) is 17.2 Å². The summed E-state index contributed by atoms with van der Waals surface area (Å²) in [7, 11) is 0. The zero-order chi connectivity index (χ0) is 24.0. The number of phenolic OH excluding ortho intramolecular Hbond substituents is 2. The van der Waals surface area contributed by atoms with E-state index in [4.69, 9.17) is 19.3 Å². The van der Waals surface area contributed by atoms with Crippen LogP contribution in [-0.2, 0) is 20.7 Å². The molecular formula is C23H26O10. The van der Waals surface area contributed by atoms with Crippen LogP contribution in [0.25, 0.3) is 6.08 Å². The lowest BCUT2D eigenvalue weighted by Gasteiger charge is -2.39. The number of hydrogen-bond acceptors (Lipinski definition) is 10. The third-order valence-corrected chi connectivity index (χ3v) is 5.05. The van der Waals surface area contributed by atoms with Gasteiger partial charge < -0.3 is 44.8 Å². The number of carbonyl (C=O) groups is 1. The highest BCUT2D eigenvalue weighted by molar-refractivity contribution is 5.87. The van der Waals surface area contributed by atoms with Gasteiger partial charge in [0.05, 0.1) is 0 Å². The van der Waals surface area contributed by atoms with Gasteiger partial charge in [-0.05, 0) is 47.9 Å². The van der Waals surface area contributed by atoms with Crippen LogP contribution in [0, 0.1) is 0 Å². The molecule has 178 valence electrons. The van der Waals surface area contributed by atoms with Gasteiger partial charge in [0.25, 0.3) is 0 Å². The summed E-state index contributed by atoms with van der Waals surface area (Å²) in [5.41, 5.74) is 1.32. The van der Waals surface area contributed by atoms with Crippen molar-refractivity contribution in [1.82, 2.24) is 0 Å². The quantitative estimate of drug-likeness (QED) is 0.180. The van der Waals surface area contributed by atoms with E-state index in [9.17, 15) is 30.3 Å². The van der Waals surface area contributed by atoms with Gasteiger partial charge >= 0.3 is 5.97 Å². The van der Waals surface area contributed by atoms with E-state index < -0.39 is 43.3 Å². The highest BCUT2D eigenvalue weighted by Gasteiger charge is 2.45. The smallest absolute Gasteiger partial charge is 0.330 e. The maximum Gasteiger partial charge on any atom is 0.330 e. The molecule has 0 radical (unpaired) electrons. The molecule has 1 saturated heterocycles. The van der Waals surface area contributed by atoms with Gasteiger partial charge in [0.2, 0.25) is 6.29 Å². The predicted octanol–water partition coefficient (Wildman–Crippen LogP) is 0.0756. The van der Waals surface area contributed by atoms with Crippen LogP contribution in [0.2, 0.25) is 0 Å². The number of hydrogen-bond donors (Lipinski definition) is 6. The van der Waals surface area contributed by atoms with E-state index in [0.717, 1.165) is 11.6 Å². The molecule has 33 heavy (non-hydrogen) atoms. The van der Waals surface area contributed by atoms with Crippen molar-refractivity contribution in [2.45, 2.75) is 37.1 Å². The minimum absolute atomic E-state index is 0.00172. The second-order valence-corrected chi connectivity index (χ2v) is 7.46. The fourth-order valence-electron chi connectivity index (χ4n) is 3.17. The first-order valence-corrected chi connectivity index (χ1v) is 10.2.